The Balaban J connectivity index is 1.78. The Labute approximate surface area is 115 Å². The van der Waals surface area contributed by atoms with Crippen LogP contribution in [-0.2, 0) is 6.42 Å². The summed E-state index contributed by atoms with van der Waals surface area (Å²) < 4.78 is 10.6. The highest BCUT2D eigenvalue weighted by Gasteiger charge is 2.18. The second kappa shape index (κ2) is 4.83. The van der Waals surface area contributed by atoms with Crippen molar-refractivity contribution in [3.8, 4) is 11.5 Å². The number of ether oxygens (including phenoxy) is 2. The molecule has 0 aliphatic carbocycles. The fourth-order valence-electron chi connectivity index (χ4n) is 2.03. The normalized spacial score (nSPS) is 14.7. The molecule has 0 amide bonds. The lowest BCUT2D eigenvalue weighted by Crippen LogP contribution is -2.01. The Morgan fingerprint density at radius 3 is 2.84 bits per heavy atom. The third-order valence-electron chi connectivity index (χ3n) is 3.22. The number of thiazole rings is 1. The first-order valence-electron chi connectivity index (χ1n) is 6.14. The van der Waals surface area contributed by atoms with Gasteiger partial charge in [-0.25, -0.2) is 4.98 Å². The van der Waals surface area contributed by atoms with Crippen molar-refractivity contribution in [1.82, 2.24) is 4.98 Å². The van der Waals surface area contributed by atoms with Gasteiger partial charge in [0.25, 0.3) is 0 Å². The van der Waals surface area contributed by atoms with Crippen molar-refractivity contribution in [2.45, 2.75) is 26.4 Å². The van der Waals surface area contributed by atoms with E-state index in [2.05, 4.69) is 4.98 Å². The molecule has 0 saturated carbocycles. The van der Waals surface area contributed by atoms with Crippen LogP contribution in [0.3, 0.4) is 0 Å². The van der Waals surface area contributed by atoms with Crippen LogP contribution in [0.1, 0.15) is 27.2 Å². The lowest BCUT2D eigenvalue weighted by molar-refractivity contribution is 0.171. The molecular weight excluding hydrogens is 262 g/mol. The Kier molecular flexibility index (Phi) is 3.16. The van der Waals surface area contributed by atoms with Gasteiger partial charge in [0.1, 0.15) is 0 Å². The number of hydrogen-bond donors (Lipinski definition) is 1. The highest BCUT2D eigenvalue weighted by molar-refractivity contribution is 7.11. The van der Waals surface area contributed by atoms with Crippen molar-refractivity contribution >= 4 is 11.3 Å². The van der Waals surface area contributed by atoms with Gasteiger partial charge < -0.3 is 14.6 Å². The van der Waals surface area contributed by atoms with Crippen molar-refractivity contribution in [1.29, 1.82) is 0 Å². The topological polar surface area (TPSA) is 51.6 Å². The van der Waals surface area contributed by atoms with Crippen LogP contribution in [0.2, 0.25) is 0 Å². The van der Waals surface area contributed by atoms with Crippen LogP contribution in [0.4, 0.5) is 0 Å². The van der Waals surface area contributed by atoms with E-state index in [-0.39, 0.29) is 6.79 Å². The van der Waals surface area contributed by atoms with E-state index in [1.165, 1.54) is 4.88 Å². The average Bonchev–Trinajstić information content (AvgIpc) is 2.96. The highest BCUT2D eigenvalue weighted by Crippen LogP contribution is 2.35. The van der Waals surface area contributed by atoms with Crippen LogP contribution in [0, 0.1) is 13.8 Å². The molecule has 19 heavy (non-hydrogen) atoms. The first-order valence-corrected chi connectivity index (χ1v) is 6.95. The highest BCUT2D eigenvalue weighted by atomic mass is 32.1. The summed E-state index contributed by atoms with van der Waals surface area (Å²) in [7, 11) is 0. The number of aliphatic hydroxyl groups excluding tert-OH is 1. The van der Waals surface area contributed by atoms with Gasteiger partial charge in [0.2, 0.25) is 6.79 Å². The Bertz CT molecular complexity index is 589. The third kappa shape index (κ3) is 2.43. The molecule has 0 spiro atoms. The quantitative estimate of drug-likeness (QED) is 0.937. The summed E-state index contributed by atoms with van der Waals surface area (Å²) in [4.78, 5) is 5.65. The lowest BCUT2D eigenvalue weighted by Gasteiger charge is -2.09. The molecule has 1 aromatic heterocycles. The third-order valence-corrected chi connectivity index (χ3v) is 4.32. The van der Waals surface area contributed by atoms with Crippen LogP contribution in [0.15, 0.2) is 18.2 Å². The first-order chi connectivity index (χ1) is 9.13. The zero-order chi connectivity index (χ0) is 13.4. The van der Waals surface area contributed by atoms with Gasteiger partial charge in [0.15, 0.2) is 11.5 Å². The van der Waals surface area contributed by atoms with E-state index in [0.29, 0.717) is 12.2 Å². The molecule has 1 atom stereocenters. The van der Waals surface area contributed by atoms with E-state index in [9.17, 15) is 5.11 Å². The van der Waals surface area contributed by atoms with Gasteiger partial charge in [0, 0.05) is 11.3 Å². The van der Waals surface area contributed by atoms with Crippen LogP contribution in [-0.4, -0.2) is 16.9 Å². The number of rotatable bonds is 3. The molecule has 1 unspecified atom stereocenters. The van der Waals surface area contributed by atoms with Crippen LogP contribution < -0.4 is 9.47 Å². The summed E-state index contributed by atoms with van der Waals surface area (Å²) in [5, 5.41) is 11.2. The van der Waals surface area contributed by atoms with Gasteiger partial charge in [0.05, 0.1) is 16.8 Å². The molecule has 5 heteroatoms. The van der Waals surface area contributed by atoms with Crippen LogP contribution in [0.25, 0.3) is 0 Å². The summed E-state index contributed by atoms with van der Waals surface area (Å²) in [6, 6.07) is 5.53. The molecule has 0 saturated heterocycles. The Morgan fingerprint density at radius 1 is 1.32 bits per heavy atom. The van der Waals surface area contributed by atoms with Gasteiger partial charge in [-0.3, -0.25) is 0 Å². The molecule has 100 valence electrons. The monoisotopic (exact) mass is 277 g/mol. The van der Waals surface area contributed by atoms with E-state index >= 15 is 0 Å². The summed E-state index contributed by atoms with van der Waals surface area (Å²) in [6.45, 7) is 4.28. The van der Waals surface area contributed by atoms with Gasteiger partial charge in [-0.1, -0.05) is 6.07 Å². The minimum Gasteiger partial charge on any atom is -0.454 e. The van der Waals surface area contributed by atoms with Gasteiger partial charge in [-0.2, -0.15) is 0 Å². The smallest absolute Gasteiger partial charge is 0.231 e. The lowest BCUT2D eigenvalue weighted by atomic mass is 10.1. The van der Waals surface area contributed by atoms with Crippen LogP contribution in [0.5, 0.6) is 11.5 Å². The van der Waals surface area contributed by atoms with Crippen molar-refractivity contribution in [2.24, 2.45) is 0 Å². The molecule has 2 aromatic rings. The van der Waals surface area contributed by atoms with E-state index in [1.807, 2.05) is 32.0 Å². The van der Waals surface area contributed by atoms with Crippen molar-refractivity contribution in [3.63, 3.8) is 0 Å². The first kappa shape index (κ1) is 12.4. The van der Waals surface area contributed by atoms with Crippen molar-refractivity contribution in [3.05, 3.63) is 39.3 Å². The molecule has 1 aliphatic rings. The number of nitrogens with zero attached hydrogens (tertiary/aromatic N) is 1. The number of aliphatic hydroxyl groups is 1. The maximum absolute atomic E-state index is 10.3. The Morgan fingerprint density at radius 2 is 2.11 bits per heavy atom. The maximum atomic E-state index is 10.3. The molecule has 1 N–H and O–H groups in total. The molecule has 0 radical (unpaired) electrons. The Hall–Kier alpha value is -1.59. The molecule has 3 rings (SSSR count). The number of benzene rings is 1. The van der Waals surface area contributed by atoms with E-state index in [4.69, 9.17) is 9.47 Å². The standard InChI is InChI=1S/C14H15NO3S/c1-8-9(2)19-14(15-8)6-11(16)10-3-4-12-13(5-10)18-7-17-12/h3-5,11,16H,6-7H2,1-2H3. The summed E-state index contributed by atoms with van der Waals surface area (Å²) in [5.41, 5.74) is 1.87. The average molecular weight is 277 g/mol. The van der Waals surface area contributed by atoms with Gasteiger partial charge in [-0.05, 0) is 31.5 Å². The number of fused-ring (bicyclic) bond motifs is 1. The molecule has 1 aromatic carbocycles. The van der Waals surface area contributed by atoms with Crippen molar-refractivity contribution in [2.75, 3.05) is 6.79 Å². The second-order valence-electron chi connectivity index (χ2n) is 4.58. The van der Waals surface area contributed by atoms with E-state index in [0.717, 1.165) is 22.0 Å². The molecule has 2 heterocycles. The summed E-state index contributed by atoms with van der Waals surface area (Å²) in [5.74, 6) is 1.43. The van der Waals surface area contributed by atoms with Gasteiger partial charge in [-0.15, -0.1) is 11.3 Å². The molecule has 0 fully saturated rings. The number of aromatic nitrogens is 1. The SMILES string of the molecule is Cc1nc(CC(O)c2ccc3c(c2)OCO3)sc1C. The molecule has 0 bridgehead atoms. The second-order valence-corrected chi connectivity index (χ2v) is 5.87. The summed E-state index contributed by atoms with van der Waals surface area (Å²) in [6.07, 6.45) is -0.0432. The zero-order valence-electron chi connectivity index (χ0n) is 10.8. The number of hydrogen-bond acceptors (Lipinski definition) is 5. The maximum Gasteiger partial charge on any atom is 0.231 e. The van der Waals surface area contributed by atoms with Gasteiger partial charge >= 0.3 is 0 Å². The molecule has 1 aliphatic heterocycles. The minimum absolute atomic E-state index is 0.250. The fraction of sp³-hybridized carbons (Fsp3) is 0.357. The van der Waals surface area contributed by atoms with Crippen molar-refractivity contribution < 1.29 is 14.6 Å². The predicted octanol–water partition coefficient (Wildman–Crippen LogP) is 2.76. The minimum atomic E-state index is -0.570. The van der Waals surface area contributed by atoms with Crippen LogP contribution >= 0.6 is 11.3 Å². The molecule has 4 nitrogen and oxygen atoms in total. The predicted molar refractivity (Wildman–Crippen MR) is 72.8 cm³/mol. The number of aryl methyl sites for hydroxylation is 2. The molecular formula is C14H15NO3S. The largest absolute Gasteiger partial charge is 0.454 e. The van der Waals surface area contributed by atoms with E-state index in [1.54, 1.807) is 11.3 Å². The zero-order valence-corrected chi connectivity index (χ0v) is 11.7. The van der Waals surface area contributed by atoms with E-state index < -0.39 is 6.10 Å². The fourth-order valence-corrected chi connectivity index (χ4v) is 3.00. The summed E-state index contributed by atoms with van der Waals surface area (Å²) >= 11 is 1.64.